The van der Waals surface area contributed by atoms with Crippen LogP contribution in [0.2, 0.25) is 0 Å². The first-order chi connectivity index (χ1) is 10.3. The topological polar surface area (TPSA) is 91.7 Å². The van der Waals surface area contributed by atoms with E-state index in [2.05, 4.69) is 20.3 Å². The van der Waals surface area contributed by atoms with Gasteiger partial charge in [0.05, 0.1) is 36.4 Å². The van der Waals surface area contributed by atoms with Crippen molar-refractivity contribution >= 4 is 0 Å². The predicted molar refractivity (Wildman–Crippen MR) is 76.0 cm³/mol. The third kappa shape index (κ3) is 2.59. The number of benzene rings is 1. The summed E-state index contributed by atoms with van der Waals surface area (Å²) in [4.78, 5) is 8.17. The predicted octanol–water partition coefficient (Wildman–Crippen LogP) is 1.11. The van der Waals surface area contributed by atoms with Crippen molar-refractivity contribution in [2.45, 2.75) is 6.04 Å². The number of rotatable bonds is 4. The fourth-order valence-electron chi connectivity index (χ4n) is 2.01. The summed E-state index contributed by atoms with van der Waals surface area (Å²) >= 11 is 0. The molecule has 2 aromatic heterocycles. The highest BCUT2D eigenvalue weighted by Crippen LogP contribution is 2.21. The molecule has 0 radical (unpaired) electrons. The molecule has 3 rings (SSSR count). The molecule has 2 N–H and O–H groups in total. The average molecular weight is 282 g/mol. The highest BCUT2D eigenvalue weighted by Gasteiger charge is 2.18. The molecule has 106 valence electrons. The van der Waals surface area contributed by atoms with Crippen LogP contribution in [0.25, 0.3) is 5.69 Å². The highest BCUT2D eigenvalue weighted by atomic mass is 16.5. The molecular weight excluding hydrogens is 268 g/mol. The Morgan fingerprint density at radius 1 is 1.19 bits per heavy atom. The molecule has 7 nitrogen and oxygen atoms in total. The Balaban J connectivity index is 1.99. The zero-order valence-electron chi connectivity index (χ0n) is 11.4. The van der Waals surface area contributed by atoms with Crippen LogP contribution >= 0.6 is 0 Å². The summed E-state index contributed by atoms with van der Waals surface area (Å²) in [5.41, 5.74) is 8.54. The van der Waals surface area contributed by atoms with E-state index in [0.29, 0.717) is 11.6 Å². The lowest BCUT2D eigenvalue weighted by Gasteiger charge is -2.13. The summed E-state index contributed by atoms with van der Waals surface area (Å²) in [5, 5.41) is 8.03. The van der Waals surface area contributed by atoms with Crippen LogP contribution in [-0.2, 0) is 0 Å². The van der Waals surface area contributed by atoms with Gasteiger partial charge in [0.1, 0.15) is 6.33 Å². The second kappa shape index (κ2) is 5.68. The molecule has 1 aromatic carbocycles. The smallest absolute Gasteiger partial charge is 0.216 e. The lowest BCUT2D eigenvalue weighted by molar-refractivity contribution is 0.395. The van der Waals surface area contributed by atoms with Crippen molar-refractivity contribution in [3.63, 3.8) is 0 Å². The van der Waals surface area contributed by atoms with E-state index in [1.165, 1.54) is 6.33 Å². The van der Waals surface area contributed by atoms with E-state index in [1.807, 2.05) is 30.3 Å². The second-order valence-corrected chi connectivity index (χ2v) is 4.37. The lowest BCUT2D eigenvalue weighted by Crippen LogP contribution is -2.18. The summed E-state index contributed by atoms with van der Waals surface area (Å²) in [6.45, 7) is 0. The van der Waals surface area contributed by atoms with Gasteiger partial charge in [-0.3, -0.25) is 0 Å². The fourth-order valence-corrected chi connectivity index (χ4v) is 2.01. The van der Waals surface area contributed by atoms with Crippen molar-refractivity contribution in [3.8, 4) is 11.6 Å². The second-order valence-electron chi connectivity index (χ2n) is 4.37. The minimum Gasteiger partial charge on any atom is -0.481 e. The molecule has 0 bridgehead atoms. The zero-order chi connectivity index (χ0) is 14.7. The highest BCUT2D eigenvalue weighted by molar-refractivity contribution is 5.34. The van der Waals surface area contributed by atoms with Crippen LogP contribution in [0.3, 0.4) is 0 Å². The van der Waals surface area contributed by atoms with E-state index in [0.717, 1.165) is 11.4 Å². The van der Waals surface area contributed by atoms with E-state index in [4.69, 9.17) is 10.5 Å². The molecule has 2 heterocycles. The summed E-state index contributed by atoms with van der Waals surface area (Å²) < 4.78 is 6.79. The van der Waals surface area contributed by atoms with Crippen molar-refractivity contribution in [2.75, 3.05) is 7.11 Å². The van der Waals surface area contributed by atoms with E-state index >= 15 is 0 Å². The Kier molecular flexibility index (Phi) is 3.57. The van der Waals surface area contributed by atoms with Crippen LogP contribution in [0, 0.1) is 0 Å². The van der Waals surface area contributed by atoms with Gasteiger partial charge < -0.3 is 10.5 Å². The molecule has 0 aliphatic carbocycles. The first-order valence-corrected chi connectivity index (χ1v) is 6.37. The Morgan fingerprint density at radius 2 is 2.00 bits per heavy atom. The number of hydrogen-bond donors (Lipinski definition) is 1. The van der Waals surface area contributed by atoms with Crippen LogP contribution in [0.5, 0.6) is 5.88 Å². The lowest BCUT2D eigenvalue weighted by atomic mass is 10.1. The molecular formula is C14H14N6O. The Morgan fingerprint density at radius 3 is 2.76 bits per heavy atom. The molecule has 21 heavy (non-hydrogen) atoms. The van der Waals surface area contributed by atoms with Crippen molar-refractivity contribution in [3.05, 3.63) is 60.3 Å². The average Bonchev–Trinajstić information content (AvgIpc) is 3.04. The molecule has 0 aliphatic rings. The maximum absolute atomic E-state index is 6.28. The number of ether oxygens (including phenoxy) is 1. The van der Waals surface area contributed by atoms with Crippen LogP contribution < -0.4 is 10.5 Å². The molecule has 7 heteroatoms. The van der Waals surface area contributed by atoms with Gasteiger partial charge in [0, 0.05) is 6.07 Å². The van der Waals surface area contributed by atoms with Crippen molar-refractivity contribution in [1.29, 1.82) is 0 Å². The number of para-hydroxylation sites is 1. The Hall–Kier alpha value is -2.80. The number of methoxy groups -OCH3 is 1. The third-order valence-electron chi connectivity index (χ3n) is 3.09. The minimum absolute atomic E-state index is 0.467. The molecule has 1 atom stereocenters. The fraction of sp³-hybridized carbons (Fsp3) is 0.143. The van der Waals surface area contributed by atoms with E-state index in [-0.39, 0.29) is 0 Å². The van der Waals surface area contributed by atoms with Crippen molar-refractivity contribution in [1.82, 2.24) is 25.0 Å². The maximum Gasteiger partial charge on any atom is 0.216 e. The number of nitrogens with two attached hydrogens (primary N) is 1. The van der Waals surface area contributed by atoms with Gasteiger partial charge in [0.2, 0.25) is 5.88 Å². The first kappa shape index (κ1) is 13.2. The Bertz CT molecular complexity index is 727. The molecule has 0 fully saturated rings. The number of aromatic nitrogens is 5. The van der Waals surface area contributed by atoms with E-state index in [1.54, 1.807) is 24.1 Å². The van der Waals surface area contributed by atoms with E-state index in [9.17, 15) is 0 Å². The molecule has 3 aromatic rings. The van der Waals surface area contributed by atoms with E-state index < -0.39 is 6.04 Å². The van der Waals surface area contributed by atoms with Crippen molar-refractivity contribution in [2.24, 2.45) is 5.73 Å². The van der Waals surface area contributed by atoms with Gasteiger partial charge >= 0.3 is 0 Å². The molecule has 0 saturated carbocycles. The van der Waals surface area contributed by atoms with Gasteiger partial charge in [0.15, 0.2) is 0 Å². The van der Waals surface area contributed by atoms with Gasteiger partial charge in [0.25, 0.3) is 0 Å². The molecule has 0 aliphatic heterocycles. The van der Waals surface area contributed by atoms with Gasteiger partial charge in [-0.05, 0) is 12.1 Å². The van der Waals surface area contributed by atoms with Gasteiger partial charge in [-0.25, -0.2) is 14.6 Å². The minimum atomic E-state index is -0.475. The standard InChI is InChI=1S/C14H14N6O/c1-21-13-7-11(16-9-17-13)14(15)12-8-18-19-20(12)10-5-3-2-4-6-10/h2-9,14H,15H2,1H3. The van der Waals surface area contributed by atoms with Crippen LogP contribution in [-0.4, -0.2) is 32.1 Å². The zero-order valence-corrected chi connectivity index (χ0v) is 11.4. The molecule has 1 unspecified atom stereocenters. The summed E-state index contributed by atoms with van der Waals surface area (Å²) in [5.74, 6) is 0.467. The molecule has 0 amide bonds. The Labute approximate surface area is 121 Å². The van der Waals surface area contributed by atoms with Gasteiger partial charge in [-0.1, -0.05) is 23.4 Å². The monoisotopic (exact) mass is 282 g/mol. The first-order valence-electron chi connectivity index (χ1n) is 6.37. The van der Waals surface area contributed by atoms with Gasteiger partial charge in [-0.2, -0.15) is 0 Å². The maximum atomic E-state index is 6.28. The van der Waals surface area contributed by atoms with Crippen LogP contribution in [0.4, 0.5) is 0 Å². The third-order valence-corrected chi connectivity index (χ3v) is 3.09. The molecule has 0 spiro atoms. The number of hydrogen-bond acceptors (Lipinski definition) is 6. The van der Waals surface area contributed by atoms with Crippen LogP contribution in [0.15, 0.2) is 48.9 Å². The summed E-state index contributed by atoms with van der Waals surface area (Å²) in [7, 11) is 1.55. The number of nitrogens with zero attached hydrogens (tertiary/aromatic N) is 5. The van der Waals surface area contributed by atoms with Crippen LogP contribution in [0.1, 0.15) is 17.4 Å². The van der Waals surface area contributed by atoms with Gasteiger partial charge in [-0.15, -0.1) is 5.10 Å². The largest absolute Gasteiger partial charge is 0.481 e. The summed E-state index contributed by atoms with van der Waals surface area (Å²) in [6.07, 6.45) is 3.05. The SMILES string of the molecule is COc1cc(C(N)c2cnnn2-c2ccccc2)ncn1. The normalized spacial score (nSPS) is 12.1. The quantitative estimate of drug-likeness (QED) is 0.770. The summed E-state index contributed by atoms with van der Waals surface area (Å²) in [6, 6.07) is 10.9. The molecule has 0 saturated heterocycles. The van der Waals surface area contributed by atoms with Crippen molar-refractivity contribution < 1.29 is 4.74 Å².